The van der Waals surface area contributed by atoms with Crippen LogP contribution in [0.25, 0.3) is 11.1 Å². The molecule has 0 saturated heterocycles. The third-order valence-corrected chi connectivity index (χ3v) is 4.91. The Morgan fingerprint density at radius 3 is 2.17 bits per heavy atom. The standard InChI is InChI=1S/C18H22N2O3S/c1-14(20-18(21)13-24(22,23)19-2)12-15-8-10-17(11-9-15)16-6-4-3-5-7-16/h3-11,14,19H,12-13H2,1-2H3,(H,20,21). The zero-order chi connectivity index (χ0) is 17.6. The number of sulfonamides is 1. The van der Waals surface area contributed by atoms with Gasteiger partial charge in [0, 0.05) is 6.04 Å². The van der Waals surface area contributed by atoms with E-state index in [0.717, 1.165) is 16.7 Å². The van der Waals surface area contributed by atoms with Crippen LogP contribution in [0.4, 0.5) is 0 Å². The summed E-state index contributed by atoms with van der Waals surface area (Å²) in [7, 11) is -2.24. The van der Waals surface area contributed by atoms with E-state index in [1.54, 1.807) is 0 Å². The molecule has 2 rings (SSSR count). The molecule has 0 bridgehead atoms. The number of rotatable bonds is 7. The molecule has 0 spiro atoms. The molecule has 1 amide bonds. The molecule has 0 aromatic heterocycles. The molecule has 0 heterocycles. The summed E-state index contributed by atoms with van der Waals surface area (Å²) in [5.74, 6) is -1.06. The highest BCUT2D eigenvalue weighted by Crippen LogP contribution is 2.19. The van der Waals surface area contributed by atoms with Gasteiger partial charge in [0.25, 0.3) is 0 Å². The molecule has 5 nitrogen and oxygen atoms in total. The zero-order valence-electron chi connectivity index (χ0n) is 13.8. The monoisotopic (exact) mass is 346 g/mol. The van der Waals surface area contributed by atoms with Crippen LogP contribution in [-0.2, 0) is 21.2 Å². The number of hydrogen-bond donors (Lipinski definition) is 2. The quantitative estimate of drug-likeness (QED) is 0.805. The number of amides is 1. The molecule has 0 aliphatic rings. The Bertz CT molecular complexity index is 772. The predicted octanol–water partition coefficient (Wildman–Crippen LogP) is 1.95. The van der Waals surface area contributed by atoms with Crippen LogP contribution in [0.1, 0.15) is 12.5 Å². The topological polar surface area (TPSA) is 75.3 Å². The van der Waals surface area contributed by atoms with Crippen LogP contribution in [0.5, 0.6) is 0 Å². The van der Waals surface area contributed by atoms with Crippen molar-refractivity contribution in [2.45, 2.75) is 19.4 Å². The van der Waals surface area contributed by atoms with E-state index >= 15 is 0 Å². The summed E-state index contributed by atoms with van der Waals surface area (Å²) in [6, 6.07) is 18.1. The molecular formula is C18H22N2O3S. The second-order valence-electron chi connectivity index (χ2n) is 5.70. The van der Waals surface area contributed by atoms with Crippen molar-refractivity contribution < 1.29 is 13.2 Å². The molecule has 0 aliphatic heterocycles. The SMILES string of the molecule is CNS(=O)(=O)CC(=O)NC(C)Cc1ccc(-c2ccccc2)cc1. The third-order valence-electron chi connectivity index (χ3n) is 3.64. The predicted molar refractivity (Wildman–Crippen MR) is 96.0 cm³/mol. The minimum atomic E-state index is -3.54. The molecule has 0 fully saturated rings. The Balaban J connectivity index is 1.92. The van der Waals surface area contributed by atoms with Crippen molar-refractivity contribution >= 4 is 15.9 Å². The van der Waals surface area contributed by atoms with E-state index in [4.69, 9.17) is 0 Å². The van der Waals surface area contributed by atoms with Crippen LogP contribution in [0, 0.1) is 0 Å². The first kappa shape index (κ1) is 18.2. The fraction of sp³-hybridized carbons (Fsp3) is 0.278. The normalized spacial score (nSPS) is 12.6. The van der Waals surface area contributed by atoms with Crippen LogP contribution >= 0.6 is 0 Å². The summed E-state index contributed by atoms with van der Waals surface area (Å²) < 4.78 is 24.8. The lowest BCUT2D eigenvalue weighted by molar-refractivity contribution is -0.119. The molecule has 1 atom stereocenters. The van der Waals surface area contributed by atoms with Crippen LogP contribution in [-0.4, -0.2) is 33.2 Å². The maximum Gasteiger partial charge on any atom is 0.236 e. The molecule has 1 unspecified atom stereocenters. The summed E-state index contributed by atoms with van der Waals surface area (Å²) >= 11 is 0. The van der Waals surface area contributed by atoms with Gasteiger partial charge >= 0.3 is 0 Å². The van der Waals surface area contributed by atoms with Crippen molar-refractivity contribution in [1.82, 2.24) is 10.0 Å². The van der Waals surface area contributed by atoms with Crippen molar-refractivity contribution in [1.29, 1.82) is 0 Å². The first-order valence-corrected chi connectivity index (χ1v) is 9.40. The molecular weight excluding hydrogens is 324 g/mol. The van der Waals surface area contributed by atoms with Gasteiger partial charge in [-0.2, -0.15) is 0 Å². The number of carbonyl (C=O) groups excluding carboxylic acids is 1. The Hall–Kier alpha value is -2.18. The largest absolute Gasteiger partial charge is 0.352 e. The van der Waals surface area contributed by atoms with Crippen molar-refractivity contribution in [2.75, 3.05) is 12.8 Å². The maximum absolute atomic E-state index is 11.7. The van der Waals surface area contributed by atoms with Gasteiger partial charge < -0.3 is 5.32 Å². The van der Waals surface area contributed by atoms with Gasteiger partial charge in [-0.25, -0.2) is 13.1 Å². The first-order chi connectivity index (χ1) is 11.4. The minimum Gasteiger partial charge on any atom is -0.352 e. The molecule has 0 saturated carbocycles. The molecule has 0 radical (unpaired) electrons. The van der Waals surface area contributed by atoms with Crippen molar-refractivity contribution in [3.8, 4) is 11.1 Å². The average molecular weight is 346 g/mol. The third kappa shape index (κ3) is 5.47. The summed E-state index contributed by atoms with van der Waals surface area (Å²) in [6.07, 6.45) is 0.639. The molecule has 24 heavy (non-hydrogen) atoms. The van der Waals surface area contributed by atoms with E-state index < -0.39 is 21.7 Å². The molecule has 2 N–H and O–H groups in total. The Morgan fingerprint density at radius 2 is 1.58 bits per heavy atom. The number of nitrogens with one attached hydrogen (secondary N) is 2. The molecule has 128 valence electrons. The summed E-state index contributed by atoms with van der Waals surface area (Å²) in [6.45, 7) is 1.86. The van der Waals surface area contributed by atoms with Gasteiger partial charge in [0.15, 0.2) is 0 Å². The van der Waals surface area contributed by atoms with Crippen LogP contribution in [0.15, 0.2) is 54.6 Å². The number of carbonyl (C=O) groups is 1. The van der Waals surface area contributed by atoms with E-state index in [1.807, 2.05) is 49.4 Å². The highest BCUT2D eigenvalue weighted by Gasteiger charge is 2.16. The molecule has 0 aliphatic carbocycles. The van der Waals surface area contributed by atoms with Gasteiger partial charge in [0.1, 0.15) is 5.75 Å². The lowest BCUT2D eigenvalue weighted by atomic mass is 10.0. The average Bonchev–Trinajstić information content (AvgIpc) is 2.55. The lowest BCUT2D eigenvalue weighted by Crippen LogP contribution is -2.40. The van der Waals surface area contributed by atoms with E-state index in [-0.39, 0.29) is 6.04 Å². The summed E-state index contributed by atoms with van der Waals surface area (Å²) in [5.41, 5.74) is 3.37. The molecule has 6 heteroatoms. The smallest absolute Gasteiger partial charge is 0.236 e. The Labute approximate surface area is 143 Å². The number of hydrogen-bond acceptors (Lipinski definition) is 3. The Kier molecular flexibility index (Phi) is 6.11. The highest BCUT2D eigenvalue weighted by atomic mass is 32.2. The van der Waals surface area contributed by atoms with Crippen molar-refractivity contribution in [2.24, 2.45) is 0 Å². The zero-order valence-corrected chi connectivity index (χ0v) is 14.6. The van der Waals surface area contributed by atoms with E-state index in [2.05, 4.69) is 22.2 Å². The second-order valence-corrected chi connectivity index (χ2v) is 7.63. The van der Waals surface area contributed by atoms with E-state index in [0.29, 0.717) is 6.42 Å². The van der Waals surface area contributed by atoms with Gasteiger partial charge in [-0.05, 0) is 37.1 Å². The first-order valence-electron chi connectivity index (χ1n) is 7.74. The van der Waals surface area contributed by atoms with Crippen LogP contribution in [0.2, 0.25) is 0 Å². The fourth-order valence-corrected chi connectivity index (χ4v) is 3.00. The van der Waals surface area contributed by atoms with Crippen molar-refractivity contribution in [3.05, 3.63) is 60.2 Å². The highest BCUT2D eigenvalue weighted by molar-refractivity contribution is 7.90. The summed E-state index contributed by atoms with van der Waals surface area (Å²) in [5, 5.41) is 2.71. The molecule has 2 aromatic rings. The van der Waals surface area contributed by atoms with E-state index in [1.165, 1.54) is 7.05 Å². The van der Waals surface area contributed by atoms with Gasteiger partial charge in [0.05, 0.1) is 0 Å². The van der Waals surface area contributed by atoms with Gasteiger partial charge in [-0.1, -0.05) is 54.6 Å². The van der Waals surface area contributed by atoms with Crippen LogP contribution < -0.4 is 10.0 Å². The van der Waals surface area contributed by atoms with Crippen molar-refractivity contribution in [3.63, 3.8) is 0 Å². The van der Waals surface area contributed by atoms with Gasteiger partial charge in [-0.3, -0.25) is 4.79 Å². The number of benzene rings is 2. The fourth-order valence-electron chi connectivity index (χ4n) is 2.43. The van der Waals surface area contributed by atoms with Crippen LogP contribution in [0.3, 0.4) is 0 Å². The van der Waals surface area contributed by atoms with E-state index in [9.17, 15) is 13.2 Å². The van der Waals surface area contributed by atoms with Gasteiger partial charge in [-0.15, -0.1) is 0 Å². The maximum atomic E-state index is 11.7. The Morgan fingerprint density at radius 1 is 1.00 bits per heavy atom. The summed E-state index contributed by atoms with van der Waals surface area (Å²) in [4.78, 5) is 11.7. The second kappa shape index (κ2) is 8.08. The molecule has 2 aromatic carbocycles. The van der Waals surface area contributed by atoms with Gasteiger partial charge in [0.2, 0.25) is 15.9 Å². The minimum absolute atomic E-state index is 0.146. The lowest BCUT2D eigenvalue weighted by Gasteiger charge is -2.14.